The highest BCUT2D eigenvalue weighted by Gasteiger charge is 2.27. The molecule has 3 aromatic rings. The summed E-state index contributed by atoms with van der Waals surface area (Å²) in [5.74, 6) is 0.415. The lowest BCUT2D eigenvalue weighted by Gasteiger charge is -2.14. The molecule has 160 valence electrons. The monoisotopic (exact) mass is 424 g/mol. The first kappa shape index (κ1) is 20.5. The maximum atomic E-state index is 14.5. The summed E-state index contributed by atoms with van der Waals surface area (Å²) in [4.78, 5) is 4.44. The molecule has 31 heavy (non-hydrogen) atoms. The highest BCUT2D eigenvalue weighted by atomic mass is 19.1. The minimum atomic E-state index is -0.882. The van der Waals surface area contributed by atoms with Crippen molar-refractivity contribution < 1.29 is 19.4 Å². The number of aliphatic hydroxyl groups excluding tert-OH is 1. The molecule has 0 aliphatic carbocycles. The van der Waals surface area contributed by atoms with Gasteiger partial charge in [0.15, 0.2) is 5.65 Å². The second kappa shape index (κ2) is 8.52. The third-order valence-corrected chi connectivity index (χ3v) is 5.03. The number of halogens is 1. The summed E-state index contributed by atoms with van der Waals surface area (Å²) in [6, 6.07) is 2.83. The van der Waals surface area contributed by atoms with E-state index in [1.165, 1.54) is 18.5 Å². The standard InChI is InChI=1S/C21H21FN6O3/c1-3-4-5-13(12(2)27-30)14-8-23-21(28-11-25-26-20(14)28)24-9-15-16(22)6-7-18-19(15)17(29)10-31-18/h3-8,11,17,29-30H,9-10H2,1-2H3,(H,23,24)/b4-3-,13-5+,27-12+. The third-order valence-electron chi connectivity index (χ3n) is 5.03. The molecule has 0 saturated heterocycles. The summed E-state index contributed by atoms with van der Waals surface area (Å²) >= 11 is 0. The van der Waals surface area contributed by atoms with Gasteiger partial charge in [-0.25, -0.2) is 9.37 Å². The Morgan fingerprint density at radius 2 is 2.29 bits per heavy atom. The van der Waals surface area contributed by atoms with Crippen molar-refractivity contribution in [3.05, 3.63) is 65.4 Å². The average molecular weight is 424 g/mol. The molecule has 0 radical (unpaired) electrons. The van der Waals surface area contributed by atoms with Gasteiger partial charge in [-0.1, -0.05) is 23.4 Å². The van der Waals surface area contributed by atoms with Crippen LogP contribution in [0.25, 0.3) is 11.2 Å². The molecule has 0 spiro atoms. The van der Waals surface area contributed by atoms with Crippen LogP contribution in [0.1, 0.15) is 36.6 Å². The van der Waals surface area contributed by atoms with E-state index in [1.807, 2.05) is 19.1 Å². The molecule has 1 aliphatic heterocycles. The molecule has 0 fully saturated rings. The van der Waals surface area contributed by atoms with Gasteiger partial charge in [-0.2, -0.15) is 0 Å². The van der Waals surface area contributed by atoms with Crippen molar-refractivity contribution in [1.82, 2.24) is 19.6 Å². The Kier molecular flexibility index (Phi) is 5.63. The molecule has 1 atom stereocenters. The van der Waals surface area contributed by atoms with Crippen LogP contribution in [0.4, 0.5) is 10.3 Å². The quantitative estimate of drug-likeness (QED) is 0.241. The second-order valence-electron chi connectivity index (χ2n) is 6.93. The summed E-state index contributed by atoms with van der Waals surface area (Å²) < 4.78 is 21.5. The van der Waals surface area contributed by atoms with Gasteiger partial charge in [-0.15, -0.1) is 10.2 Å². The summed E-state index contributed by atoms with van der Waals surface area (Å²) in [7, 11) is 0. The number of anilines is 1. The number of rotatable bonds is 6. The van der Waals surface area contributed by atoms with E-state index in [0.29, 0.717) is 45.3 Å². The van der Waals surface area contributed by atoms with Crippen LogP contribution in [-0.4, -0.2) is 42.2 Å². The van der Waals surface area contributed by atoms with E-state index >= 15 is 0 Å². The molecule has 1 unspecified atom stereocenters. The fraction of sp³-hybridized carbons (Fsp3) is 0.238. The maximum absolute atomic E-state index is 14.5. The Balaban J connectivity index is 1.70. The molecule has 9 nitrogen and oxygen atoms in total. The van der Waals surface area contributed by atoms with Crippen LogP contribution in [0, 0.1) is 5.82 Å². The molecule has 1 aliphatic rings. The predicted molar refractivity (Wildman–Crippen MR) is 113 cm³/mol. The Morgan fingerprint density at radius 1 is 1.45 bits per heavy atom. The fourth-order valence-corrected chi connectivity index (χ4v) is 3.50. The van der Waals surface area contributed by atoms with E-state index in [0.717, 1.165) is 0 Å². The van der Waals surface area contributed by atoms with Gasteiger partial charge in [0.05, 0.1) is 5.71 Å². The van der Waals surface area contributed by atoms with E-state index in [2.05, 4.69) is 25.7 Å². The van der Waals surface area contributed by atoms with Gasteiger partial charge < -0.3 is 20.4 Å². The van der Waals surface area contributed by atoms with Crippen molar-refractivity contribution in [3.8, 4) is 5.75 Å². The zero-order valence-corrected chi connectivity index (χ0v) is 16.9. The third kappa shape index (κ3) is 3.73. The second-order valence-corrected chi connectivity index (χ2v) is 6.93. The predicted octanol–water partition coefficient (Wildman–Crippen LogP) is 3.11. The lowest BCUT2D eigenvalue weighted by Crippen LogP contribution is -2.12. The first-order chi connectivity index (χ1) is 15.0. The zero-order valence-electron chi connectivity index (χ0n) is 16.9. The molecular weight excluding hydrogens is 403 g/mol. The normalized spacial score (nSPS) is 16.7. The molecule has 0 bridgehead atoms. The lowest BCUT2D eigenvalue weighted by molar-refractivity contribution is 0.140. The lowest BCUT2D eigenvalue weighted by atomic mass is 10.0. The minimum absolute atomic E-state index is 0.0768. The van der Waals surface area contributed by atoms with Gasteiger partial charge in [-0.3, -0.25) is 4.40 Å². The topological polar surface area (TPSA) is 117 Å². The SMILES string of the molecule is C\C=C/C=C(\C(C)=N\O)c1cnc(NCc2c(F)ccc3c2C(O)CO3)n2cnnc12. The smallest absolute Gasteiger partial charge is 0.210 e. The average Bonchev–Trinajstić information content (AvgIpc) is 3.41. The first-order valence-electron chi connectivity index (χ1n) is 9.62. The maximum Gasteiger partial charge on any atom is 0.210 e. The Hall–Kier alpha value is -3.79. The van der Waals surface area contributed by atoms with E-state index < -0.39 is 11.9 Å². The van der Waals surface area contributed by atoms with E-state index in [4.69, 9.17) is 4.74 Å². The Labute approximate surface area is 177 Å². The number of nitrogens with zero attached hydrogens (tertiary/aromatic N) is 5. The van der Waals surface area contributed by atoms with Crippen molar-refractivity contribution in [2.75, 3.05) is 11.9 Å². The highest BCUT2D eigenvalue weighted by molar-refractivity contribution is 6.24. The van der Waals surface area contributed by atoms with Crippen molar-refractivity contribution in [2.45, 2.75) is 26.5 Å². The molecule has 0 saturated carbocycles. The number of aromatic nitrogens is 4. The highest BCUT2D eigenvalue weighted by Crippen LogP contribution is 2.36. The summed E-state index contributed by atoms with van der Waals surface area (Å²) in [6.45, 7) is 3.72. The van der Waals surface area contributed by atoms with Crippen molar-refractivity contribution >= 4 is 22.9 Å². The van der Waals surface area contributed by atoms with Crippen molar-refractivity contribution in [1.29, 1.82) is 0 Å². The van der Waals surface area contributed by atoms with Gasteiger partial charge in [0.25, 0.3) is 0 Å². The van der Waals surface area contributed by atoms with Crippen LogP contribution in [0.5, 0.6) is 5.75 Å². The summed E-state index contributed by atoms with van der Waals surface area (Å²) in [6.07, 6.45) is 7.64. The van der Waals surface area contributed by atoms with Crippen LogP contribution < -0.4 is 10.1 Å². The number of aliphatic hydroxyl groups is 1. The van der Waals surface area contributed by atoms with Crippen LogP contribution in [-0.2, 0) is 6.54 Å². The van der Waals surface area contributed by atoms with Gasteiger partial charge in [0.1, 0.15) is 30.6 Å². The number of hydrogen-bond donors (Lipinski definition) is 3. The largest absolute Gasteiger partial charge is 0.490 e. The molecule has 1 aromatic carbocycles. The van der Waals surface area contributed by atoms with Crippen molar-refractivity contribution in [2.24, 2.45) is 5.16 Å². The number of oxime groups is 1. The summed E-state index contributed by atoms with van der Waals surface area (Å²) in [5.41, 5.74) is 2.87. The number of hydrogen-bond acceptors (Lipinski definition) is 8. The van der Waals surface area contributed by atoms with E-state index in [-0.39, 0.29) is 13.2 Å². The van der Waals surface area contributed by atoms with Gasteiger partial charge in [0, 0.05) is 35.0 Å². The fourth-order valence-electron chi connectivity index (χ4n) is 3.50. The van der Waals surface area contributed by atoms with Crippen LogP contribution in [0.3, 0.4) is 0 Å². The van der Waals surface area contributed by atoms with Crippen LogP contribution in [0.2, 0.25) is 0 Å². The number of ether oxygens (including phenoxy) is 1. The molecule has 4 rings (SSSR count). The minimum Gasteiger partial charge on any atom is -0.490 e. The Bertz CT molecular complexity index is 1220. The van der Waals surface area contributed by atoms with E-state index in [9.17, 15) is 14.7 Å². The van der Waals surface area contributed by atoms with Gasteiger partial charge in [0.2, 0.25) is 5.95 Å². The van der Waals surface area contributed by atoms with Gasteiger partial charge >= 0.3 is 0 Å². The molecule has 2 aromatic heterocycles. The van der Waals surface area contributed by atoms with Crippen molar-refractivity contribution in [3.63, 3.8) is 0 Å². The molecule has 3 N–H and O–H groups in total. The first-order valence-corrected chi connectivity index (χ1v) is 9.62. The molecule has 3 heterocycles. The number of benzene rings is 1. The van der Waals surface area contributed by atoms with Gasteiger partial charge in [-0.05, 0) is 26.0 Å². The number of fused-ring (bicyclic) bond motifs is 2. The summed E-state index contributed by atoms with van der Waals surface area (Å²) in [5, 5.41) is 33.9. The number of nitrogens with one attached hydrogen (secondary N) is 1. The zero-order chi connectivity index (χ0) is 22.0. The molecule has 10 heteroatoms. The number of allylic oxidation sites excluding steroid dienone is 4. The van der Waals surface area contributed by atoms with Crippen LogP contribution >= 0.6 is 0 Å². The molecule has 0 amide bonds. The molecular formula is C21H21FN6O3. The van der Waals surface area contributed by atoms with E-state index in [1.54, 1.807) is 23.6 Å². The van der Waals surface area contributed by atoms with Crippen LogP contribution in [0.15, 0.2) is 48.0 Å². The Morgan fingerprint density at radius 3 is 3.06 bits per heavy atom.